The zero-order valence-corrected chi connectivity index (χ0v) is 68.1. The van der Waals surface area contributed by atoms with Crippen LogP contribution in [0.3, 0.4) is 0 Å². The number of imide groups is 1. The number of aliphatic hydroxyl groups is 1. The molecule has 1 aromatic heterocycles. The first-order chi connectivity index (χ1) is 57.2. The van der Waals surface area contributed by atoms with Crippen LogP contribution in [0.25, 0.3) is 10.8 Å². The Morgan fingerprint density at radius 2 is 1.03 bits per heavy atom. The Bertz CT molecular complexity index is 4590. The fraction of sp³-hybridized carbons (Fsp3) is 0.417. The third-order valence-electron chi connectivity index (χ3n) is 19.4. The summed E-state index contributed by atoms with van der Waals surface area (Å²) < 4.78 is 0. The lowest BCUT2D eigenvalue weighted by Gasteiger charge is -2.31. The Balaban J connectivity index is 0.00000558. The van der Waals surface area contributed by atoms with Gasteiger partial charge in [0, 0.05) is 80.4 Å². The number of urea groups is 2. The van der Waals surface area contributed by atoms with E-state index in [1.807, 2.05) is 61.6 Å². The summed E-state index contributed by atoms with van der Waals surface area (Å²) in [7, 11) is 0. The molecule has 650 valence electrons. The third-order valence-corrected chi connectivity index (χ3v) is 19.7. The van der Waals surface area contributed by atoms with Gasteiger partial charge < -0.3 is 95.7 Å². The Kier molecular flexibility index (Phi) is 38.6. The number of amides is 17. The van der Waals surface area contributed by atoms with Gasteiger partial charge >= 0.3 is 12.1 Å². The molecule has 3 heterocycles. The third kappa shape index (κ3) is 31.7. The van der Waals surface area contributed by atoms with Crippen molar-refractivity contribution in [2.75, 3.05) is 30.3 Å². The van der Waals surface area contributed by atoms with Crippen LogP contribution >= 0.6 is 11.6 Å². The lowest BCUT2D eigenvalue weighted by molar-refractivity contribution is -0.142. The van der Waals surface area contributed by atoms with Crippen molar-refractivity contribution in [2.24, 2.45) is 17.4 Å². The number of carbonyl (C=O) groups excluding carboxylic acids is 15. The molecule has 121 heavy (non-hydrogen) atoms. The van der Waals surface area contributed by atoms with Crippen LogP contribution in [-0.2, 0) is 99.2 Å². The molecular weight excluding hydrogens is 1580 g/mol. The van der Waals surface area contributed by atoms with E-state index in [2.05, 4.69) is 74.1 Å². The van der Waals surface area contributed by atoms with E-state index >= 15 is 14.4 Å². The number of aromatic nitrogens is 1. The number of nitrogens with one attached hydrogen (secondary N) is 14. The summed E-state index contributed by atoms with van der Waals surface area (Å²) in [5.41, 5.74) is 13.6. The van der Waals surface area contributed by atoms with E-state index in [0.29, 0.717) is 53.1 Å². The number of hydrogen-bond donors (Lipinski definition) is 18. The molecular formula is C84H109ClN18O18. The normalized spacial score (nSPS) is 15.7. The van der Waals surface area contributed by atoms with E-state index in [9.17, 15) is 62.6 Å². The van der Waals surface area contributed by atoms with Gasteiger partial charge in [-0.25, -0.2) is 9.59 Å². The second kappa shape index (κ2) is 48.2. The van der Waals surface area contributed by atoms with Crippen molar-refractivity contribution in [2.45, 2.75) is 199 Å². The van der Waals surface area contributed by atoms with Crippen LogP contribution in [-0.4, -0.2) is 208 Å². The molecule has 0 saturated carbocycles. The highest BCUT2D eigenvalue weighted by atomic mass is 35.5. The van der Waals surface area contributed by atoms with Crippen molar-refractivity contribution in [3.63, 3.8) is 0 Å². The van der Waals surface area contributed by atoms with Crippen LogP contribution in [0.2, 0.25) is 5.02 Å². The van der Waals surface area contributed by atoms with E-state index in [-0.39, 0.29) is 101 Å². The molecule has 37 heteroatoms. The number of primary amides is 2. The van der Waals surface area contributed by atoms with Gasteiger partial charge in [0.2, 0.25) is 76.8 Å². The summed E-state index contributed by atoms with van der Waals surface area (Å²) in [5, 5.41) is 57.3. The number of nitrogens with two attached hydrogens (primary N) is 2. The van der Waals surface area contributed by atoms with Crippen molar-refractivity contribution in [3.05, 3.63) is 173 Å². The van der Waals surface area contributed by atoms with Crippen LogP contribution in [0.4, 0.5) is 21.0 Å². The average Bonchev–Trinajstić information content (AvgIpc) is 1.79. The van der Waals surface area contributed by atoms with Crippen molar-refractivity contribution in [1.82, 2.24) is 73.7 Å². The molecule has 0 aliphatic carbocycles. The summed E-state index contributed by atoms with van der Waals surface area (Å²) >= 11 is 6.27. The SMILES string of the molecule is C.CC(=O)N[C@H](Cc1ccc2ccccc2c1)C(=O)N[C@H](Cc1ccc(Cl)cc1)C(=O)N[C@H](Cc1cccnc1)C(=O)N[C@@H](CO)C(=O)N[C@@H](Cc1ccc(NC(=O)[C@H]2CC(=O)NC(=O)N2)cc1)C(=O)N[C@H](Cc1ccc(NC(N)=O)cc1)C(=O)N[C@@H](CC(C)C)C(=O)N[C@@H](CCCCNC(C)C)C(=O)N1CCC[C@H]1C(=O)N[C@H](C)C(N)=O.O=CO. The number of hydrogen-bond acceptors (Lipinski definition) is 19. The number of anilines is 2. The lowest BCUT2D eigenvalue weighted by atomic mass is 9.99. The number of aliphatic hydroxyl groups excluding tert-OH is 1. The number of pyridine rings is 1. The predicted molar refractivity (Wildman–Crippen MR) is 450 cm³/mol. The quantitative estimate of drug-likeness (QED) is 0.0192. The molecule has 36 nitrogen and oxygen atoms in total. The number of carbonyl (C=O) groups is 16. The summed E-state index contributed by atoms with van der Waals surface area (Å²) in [6, 6.07) is 17.3. The number of nitrogens with zero attached hydrogens (tertiary/aromatic N) is 2. The monoisotopic (exact) mass is 1690 g/mol. The smallest absolute Gasteiger partial charge is 0.322 e. The molecule has 6 aromatic rings. The predicted octanol–water partition coefficient (Wildman–Crippen LogP) is 1.85. The van der Waals surface area contributed by atoms with Crippen LogP contribution in [0.1, 0.15) is 122 Å². The Labute approximate surface area is 705 Å². The van der Waals surface area contributed by atoms with Gasteiger partial charge in [0.1, 0.15) is 66.5 Å². The number of carboxylic acid groups (broad SMARTS) is 1. The van der Waals surface area contributed by atoms with Gasteiger partial charge in [-0.2, -0.15) is 0 Å². The molecule has 0 bridgehead atoms. The van der Waals surface area contributed by atoms with Gasteiger partial charge in [-0.1, -0.05) is 132 Å². The lowest BCUT2D eigenvalue weighted by Crippen LogP contribution is -2.62. The van der Waals surface area contributed by atoms with Gasteiger partial charge in [0.05, 0.1) is 13.0 Å². The Morgan fingerprint density at radius 1 is 0.562 bits per heavy atom. The molecule has 0 spiro atoms. The Morgan fingerprint density at radius 3 is 1.53 bits per heavy atom. The maximum atomic E-state index is 15.5. The van der Waals surface area contributed by atoms with Gasteiger partial charge in [-0.3, -0.25) is 77.4 Å². The Hall–Kier alpha value is -13.0. The zero-order chi connectivity index (χ0) is 87.7. The highest BCUT2D eigenvalue weighted by Gasteiger charge is 2.41. The number of unbranched alkanes of at least 4 members (excludes halogenated alkanes) is 1. The van der Waals surface area contributed by atoms with Crippen LogP contribution in [0.15, 0.2) is 140 Å². The number of rotatable bonds is 41. The van der Waals surface area contributed by atoms with Crippen molar-refractivity contribution < 1.29 is 86.9 Å². The maximum absolute atomic E-state index is 15.5. The number of benzene rings is 5. The molecule has 2 fully saturated rings. The fourth-order valence-corrected chi connectivity index (χ4v) is 13.5. The number of fused-ring (bicyclic) bond motifs is 1. The minimum absolute atomic E-state index is 0. The highest BCUT2D eigenvalue weighted by Crippen LogP contribution is 2.24. The molecule has 5 aromatic carbocycles. The first-order valence-corrected chi connectivity index (χ1v) is 39.6. The van der Waals surface area contributed by atoms with Crippen LogP contribution in [0.5, 0.6) is 0 Å². The molecule has 0 unspecified atom stereocenters. The van der Waals surface area contributed by atoms with Crippen molar-refractivity contribution in [1.29, 1.82) is 0 Å². The fourth-order valence-electron chi connectivity index (χ4n) is 13.4. The molecule has 2 aliphatic heterocycles. The maximum Gasteiger partial charge on any atom is 0.322 e. The highest BCUT2D eigenvalue weighted by molar-refractivity contribution is 6.30. The van der Waals surface area contributed by atoms with Gasteiger partial charge in [0.15, 0.2) is 0 Å². The first-order valence-electron chi connectivity index (χ1n) is 39.2. The summed E-state index contributed by atoms with van der Waals surface area (Å²) in [6.45, 7) is 9.49. The summed E-state index contributed by atoms with van der Waals surface area (Å²) in [6.07, 6.45) is 3.04. The van der Waals surface area contributed by atoms with E-state index in [1.54, 1.807) is 50.2 Å². The van der Waals surface area contributed by atoms with E-state index in [4.69, 9.17) is 33.0 Å². The molecule has 2 aliphatic rings. The van der Waals surface area contributed by atoms with Crippen molar-refractivity contribution >= 4 is 129 Å². The summed E-state index contributed by atoms with van der Waals surface area (Å²) in [4.78, 5) is 222. The van der Waals surface area contributed by atoms with Gasteiger partial charge in [-0.15, -0.1) is 0 Å². The van der Waals surface area contributed by atoms with Crippen LogP contribution < -0.4 is 85.9 Å². The topological polar surface area (TPSA) is 550 Å². The van der Waals surface area contributed by atoms with E-state index < -0.39 is 168 Å². The second-order valence-corrected chi connectivity index (χ2v) is 30.3. The molecule has 17 amide bonds. The first kappa shape index (κ1) is 96.9. The number of halogens is 1. The van der Waals surface area contributed by atoms with E-state index in [0.717, 1.165) is 10.8 Å². The number of likely N-dealkylation sites (tertiary alicyclic amines) is 1. The molecule has 11 atom stereocenters. The van der Waals surface area contributed by atoms with Gasteiger partial charge in [-0.05, 0) is 139 Å². The molecule has 8 rings (SSSR count). The van der Waals surface area contributed by atoms with Crippen LogP contribution in [0, 0.1) is 5.92 Å². The van der Waals surface area contributed by atoms with Gasteiger partial charge in [0.25, 0.3) is 6.47 Å². The molecule has 0 radical (unpaired) electrons. The average molecular weight is 1690 g/mol. The standard InChI is InChI=1S/C82H103ClN18O16.CH2O2.CH4/c1-45(2)35-60(72(107)92-59(16-9-10-33-87-46(3)4)80(115)101-34-12-17-68(101)79(114)88-47(5)70(84)105)93-74(109)63(38-51-23-30-58(31-24-51)91-81(85)116)95-76(111)64(39-50-21-28-57(29-22-50)90-71(106)66-42-69(104)100-82(117)99-66)97-78(113)67(44-102)98-77(112)65(41-53-13-11-32-86-43-53)96-75(110)62(37-49-19-26-56(83)27-20-49)94-73(108)61(89-48(6)103)40-52-18-25-54-14-7-8-15-55(54)36-52;2-1-3;/h7-8,11,13-15,18-32,36,43,45-47,59-68,87,102H,9-10,12,16-17,33-35,37-42,44H2,1-6H3,(H2,84,105)(H,88,114)(H,89,103)(H,90,106)(H,92,107)(H,93,109)(H,94,108)(H,95,111)(H,96,110)(H,97,113)(H,98,112)(H3,85,91,116)(H2,99,100,104,117);1H,(H,2,3);1H4/t47-,59+,60+,61-,62-,63-,64+,65-,66-,67+,68+;;/m1../s1. The molecule has 2 saturated heterocycles. The second-order valence-electron chi connectivity index (χ2n) is 29.9. The molecule has 20 N–H and O–H groups in total. The minimum atomic E-state index is -1.92. The summed E-state index contributed by atoms with van der Waals surface area (Å²) in [5.74, 6) is -11.0. The van der Waals surface area contributed by atoms with Crippen molar-refractivity contribution in [3.8, 4) is 0 Å². The zero-order valence-electron chi connectivity index (χ0n) is 67.3. The largest absolute Gasteiger partial charge is 0.483 e. The van der Waals surface area contributed by atoms with E-state index in [1.165, 1.54) is 79.7 Å². The minimum Gasteiger partial charge on any atom is -0.483 e.